The Hall–Kier alpha value is -5.38. The van der Waals surface area contributed by atoms with E-state index in [9.17, 15) is 14.0 Å². The Kier molecular flexibility index (Phi) is 11.2. The highest BCUT2D eigenvalue weighted by molar-refractivity contribution is 5.96. The lowest BCUT2D eigenvalue weighted by molar-refractivity contribution is -0.143. The molecule has 3 aromatic carbocycles. The lowest BCUT2D eigenvalue weighted by atomic mass is 9.97. The Balaban J connectivity index is 1.30. The van der Waals surface area contributed by atoms with Crippen molar-refractivity contribution in [3.8, 4) is 28.5 Å². The molecule has 2 heterocycles. The molecule has 9 nitrogen and oxygen atoms in total. The number of ether oxygens (including phenoxy) is 2. The van der Waals surface area contributed by atoms with Crippen molar-refractivity contribution in [1.29, 1.82) is 0 Å². The number of anilines is 1. The van der Waals surface area contributed by atoms with Gasteiger partial charge in [0, 0.05) is 47.3 Å². The Morgan fingerprint density at radius 1 is 0.918 bits per heavy atom. The van der Waals surface area contributed by atoms with Gasteiger partial charge in [-0.05, 0) is 73.4 Å². The zero-order valence-electron chi connectivity index (χ0n) is 28.5. The van der Waals surface area contributed by atoms with E-state index < -0.39 is 0 Å². The molecule has 49 heavy (non-hydrogen) atoms. The number of nitrogens with zero attached hydrogens (tertiary/aromatic N) is 3. The van der Waals surface area contributed by atoms with Crippen LogP contribution in [-0.2, 0) is 14.9 Å². The molecule has 1 N–H and O–H groups in total. The number of esters is 1. The van der Waals surface area contributed by atoms with E-state index in [-0.39, 0.29) is 48.5 Å². The van der Waals surface area contributed by atoms with Crippen LogP contribution in [0.1, 0.15) is 80.4 Å². The standard InChI is InChI=1S/C39H41FN4O5/c1-6-47-36(46)9-7-8-34(45)28-15-18-30(19-16-28)42-33(27-13-11-26(12-14-27)31-20-10-25(2)22-32(31)40)24-48-35-21-17-29(23-41-35)37-43-44-38(49-37)39(3,4)5/h10-23,33,42H,6-9,24H2,1-5H3/t33-/m1/s1. The van der Waals surface area contributed by atoms with Gasteiger partial charge in [0.25, 0.3) is 0 Å². The number of Topliss-reactive ketones (excluding diaryl/α,β-unsaturated/α-hetero) is 1. The smallest absolute Gasteiger partial charge is 0.305 e. The van der Waals surface area contributed by atoms with E-state index in [0.29, 0.717) is 47.4 Å². The highest BCUT2D eigenvalue weighted by Crippen LogP contribution is 2.29. The molecule has 0 aliphatic rings. The first-order chi connectivity index (χ1) is 23.5. The monoisotopic (exact) mass is 664 g/mol. The first-order valence-electron chi connectivity index (χ1n) is 16.4. The number of ketones is 1. The van der Waals surface area contributed by atoms with Crippen molar-refractivity contribution in [2.75, 3.05) is 18.5 Å². The SMILES string of the molecule is CCOC(=O)CCCC(=O)c1ccc(N[C@H](COc2ccc(-c3nnc(C(C)(C)C)o3)cn2)c2ccc(-c3ccc(C)cc3F)cc2)cc1. The van der Waals surface area contributed by atoms with Gasteiger partial charge in [-0.15, -0.1) is 10.2 Å². The number of carbonyl (C=O) groups is 2. The van der Waals surface area contributed by atoms with Gasteiger partial charge in [0.05, 0.1) is 18.2 Å². The molecule has 254 valence electrons. The number of pyridine rings is 1. The molecule has 0 radical (unpaired) electrons. The van der Waals surface area contributed by atoms with Crippen LogP contribution in [0.5, 0.6) is 5.88 Å². The van der Waals surface area contributed by atoms with Crippen molar-refractivity contribution >= 4 is 17.4 Å². The summed E-state index contributed by atoms with van der Waals surface area (Å²) in [7, 11) is 0. The summed E-state index contributed by atoms with van der Waals surface area (Å²) in [6.45, 7) is 10.2. The maximum absolute atomic E-state index is 14.7. The molecule has 5 aromatic rings. The molecule has 5 rings (SSSR count). The number of aromatic nitrogens is 3. The molecule has 1 atom stereocenters. The molecule has 0 amide bonds. The normalized spacial score (nSPS) is 12.0. The number of nitrogens with one attached hydrogen (secondary N) is 1. The van der Waals surface area contributed by atoms with E-state index in [1.165, 1.54) is 6.07 Å². The molecule has 0 unspecified atom stereocenters. The molecule has 0 saturated heterocycles. The molecule has 0 bridgehead atoms. The summed E-state index contributed by atoms with van der Waals surface area (Å²) in [5, 5.41) is 11.8. The Labute approximate surface area is 285 Å². The molecule has 0 spiro atoms. The van der Waals surface area contributed by atoms with Gasteiger partial charge in [-0.1, -0.05) is 57.2 Å². The lowest BCUT2D eigenvalue weighted by Gasteiger charge is -2.21. The largest absolute Gasteiger partial charge is 0.475 e. The van der Waals surface area contributed by atoms with Crippen LogP contribution < -0.4 is 10.1 Å². The average molecular weight is 665 g/mol. The zero-order valence-corrected chi connectivity index (χ0v) is 28.5. The van der Waals surface area contributed by atoms with Crippen LogP contribution in [0.3, 0.4) is 0 Å². The number of hydrogen-bond acceptors (Lipinski definition) is 9. The molecular formula is C39H41FN4O5. The molecule has 0 saturated carbocycles. The van der Waals surface area contributed by atoms with E-state index in [1.54, 1.807) is 37.4 Å². The van der Waals surface area contributed by atoms with Gasteiger partial charge >= 0.3 is 5.97 Å². The van der Waals surface area contributed by atoms with E-state index in [2.05, 4.69) is 20.5 Å². The summed E-state index contributed by atoms with van der Waals surface area (Å²) in [5.41, 5.74) is 4.81. The number of halogens is 1. The fourth-order valence-corrected chi connectivity index (χ4v) is 5.10. The minimum Gasteiger partial charge on any atom is -0.475 e. The van der Waals surface area contributed by atoms with Gasteiger partial charge in [0.1, 0.15) is 12.4 Å². The van der Waals surface area contributed by atoms with Gasteiger partial charge in [0.15, 0.2) is 5.78 Å². The summed E-state index contributed by atoms with van der Waals surface area (Å²) >= 11 is 0. The number of rotatable bonds is 14. The lowest BCUT2D eigenvalue weighted by Crippen LogP contribution is -2.19. The fourth-order valence-electron chi connectivity index (χ4n) is 5.10. The van der Waals surface area contributed by atoms with Crippen molar-refractivity contribution in [2.24, 2.45) is 0 Å². The van der Waals surface area contributed by atoms with Crippen molar-refractivity contribution in [3.63, 3.8) is 0 Å². The van der Waals surface area contributed by atoms with Gasteiger partial charge < -0.3 is 19.2 Å². The quantitative estimate of drug-likeness (QED) is 0.0919. The Morgan fingerprint density at radius 2 is 1.65 bits per heavy atom. The summed E-state index contributed by atoms with van der Waals surface area (Å²) in [5.74, 6) is 0.722. The minimum atomic E-state index is -0.324. The minimum absolute atomic E-state index is 0.0423. The summed E-state index contributed by atoms with van der Waals surface area (Å²) in [4.78, 5) is 28.8. The maximum Gasteiger partial charge on any atom is 0.305 e. The summed E-state index contributed by atoms with van der Waals surface area (Å²) in [6, 6.07) is 23.3. The van der Waals surface area contributed by atoms with E-state index in [4.69, 9.17) is 13.9 Å². The Bertz CT molecular complexity index is 1860. The second-order valence-electron chi connectivity index (χ2n) is 12.8. The number of carbonyl (C=O) groups excluding carboxylic acids is 2. The van der Waals surface area contributed by atoms with Crippen LogP contribution in [0, 0.1) is 12.7 Å². The van der Waals surface area contributed by atoms with Crippen LogP contribution in [0.25, 0.3) is 22.6 Å². The summed E-state index contributed by atoms with van der Waals surface area (Å²) in [6.07, 6.45) is 2.53. The first kappa shape index (κ1) is 34.9. The van der Waals surface area contributed by atoms with Crippen LogP contribution in [0.2, 0.25) is 0 Å². The Morgan fingerprint density at radius 3 is 2.29 bits per heavy atom. The first-order valence-corrected chi connectivity index (χ1v) is 16.4. The van der Waals surface area contributed by atoms with Crippen molar-refractivity contribution in [2.45, 2.75) is 65.3 Å². The third-order valence-corrected chi connectivity index (χ3v) is 7.83. The van der Waals surface area contributed by atoms with Crippen molar-refractivity contribution in [3.05, 3.63) is 113 Å². The summed E-state index contributed by atoms with van der Waals surface area (Å²) < 4.78 is 31.6. The number of benzene rings is 3. The highest BCUT2D eigenvalue weighted by Gasteiger charge is 2.22. The van der Waals surface area contributed by atoms with E-state index in [1.807, 2.05) is 76.2 Å². The second-order valence-corrected chi connectivity index (χ2v) is 12.8. The van der Waals surface area contributed by atoms with Crippen LogP contribution >= 0.6 is 0 Å². The number of aryl methyl sites for hydroxylation is 1. The van der Waals surface area contributed by atoms with Crippen molar-refractivity contribution in [1.82, 2.24) is 15.2 Å². The van der Waals surface area contributed by atoms with Gasteiger partial charge in [-0.3, -0.25) is 9.59 Å². The molecule has 0 aliphatic heterocycles. The molecule has 0 fully saturated rings. The average Bonchev–Trinajstić information content (AvgIpc) is 3.59. The maximum atomic E-state index is 14.7. The highest BCUT2D eigenvalue weighted by atomic mass is 19.1. The molecule has 0 aliphatic carbocycles. The molecular weight excluding hydrogens is 623 g/mol. The van der Waals surface area contributed by atoms with Crippen LogP contribution in [-0.4, -0.2) is 40.1 Å². The van der Waals surface area contributed by atoms with Crippen molar-refractivity contribution < 1.29 is 27.9 Å². The topological polar surface area (TPSA) is 116 Å². The second kappa shape index (κ2) is 15.7. The molecule has 10 heteroatoms. The van der Waals surface area contributed by atoms with Crippen LogP contribution in [0.15, 0.2) is 89.5 Å². The van der Waals surface area contributed by atoms with Gasteiger partial charge in [0.2, 0.25) is 17.7 Å². The van der Waals surface area contributed by atoms with Gasteiger partial charge in [-0.25, -0.2) is 9.37 Å². The third kappa shape index (κ3) is 9.37. The van der Waals surface area contributed by atoms with E-state index in [0.717, 1.165) is 22.4 Å². The predicted octanol–water partition coefficient (Wildman–Crippen LogP) is 8.69. The number of hydrogen-bond donors (Lipinski definition) is 1. The zero-order chi connectivity index (χ0) is 35.0. The fraction of sp³-hybridized carbons (Fsp3) is 0.308. The predicted molar refractivity (Wildman–Crippen MR) is 186 cm³/mol. The van der Waals surface area contributed by atoms with Gasteiger partial charge in [-0.2, -0.15) is 0 Å². The van der Waals surface area contributed by atoms with E-state index >= 15 is 0 Å². The third-order valence-electron chi connectivity index (χ3n) is 7.83. The van der Waals surface area contributed by atoms with Crippen LogP contribution in [0.4, 0.5) is 10.1 Å². The molecule has 2 aromatic heterocycles.